The molecule has 13 heterocycles. The van der Waals surface area contributed by atoms with E-state index in [-0.39, 0.29) is 59.5 Å². The number of hydrogen-bond acceptors (Lipinski definition) is 17. The van der Waals surface area contributed by atoms with Crippen LogP contribution >= 0.6 is 34.3 Å². The second-order valence-corrected chi connectivity index (χ2v) is 34.5. The molecular weight excluding hydrogens is 1410 g/mol. The molecule has 8 aromatic rings. The molecular formula is C77H97ClN16O8S3. The molecule has 3 N–H and O–H groups in total. The van der Waals surface area contributed by atoms with E-state index in [1.165, 1.54) is 47.7 Å². The number of anilines is 4. The normalized spacial score (nSPS) is 20.2. The third-order valence-corrected chi connectivity index (χ3v) is 25.4. The first kappa shape index (κ1) is 74.7. The fourth-order valence-corrected chi connectivity index (χ4v) is 19.7. The summed E-state index contributed by atoms with van der Waals surface area (Å²) in [6.07, 6.45) is 15.4. The highest BCUT2D eigenvalue weighted by Gasteiger charge is 2.48. The van der Waals surface area contributed by atoms with Gasteiger partial charge in [0.25, 0.3) is 11.8 Å². The molecule has 105 heavy (non-hydrogen) atoms. The van der Waals surface area contributed by atoms with Crippen molar-refractivity contribution in [1.29, 1.82) is 0 Å². The molecule has 24 nitrogen and oxygen atoms in total. The van der Waals surface area contributed by atoms with E-state index in [0.29, 0.717) is 62.7 Å². The number of benzene rings is 3. The van der Waals surface area contributed by atoms with Crippen molar-refractivity contribution in [2.45, 2.75) is 111 Å². The highest BCUT2D eigenvalue weighted by molar-refractivity contribution is 7.92. The van der Waals surface area contributed by atoms with E-state index in [2.05, 4.69) is 127 Å². The minimum atomic E-state index is -3.44. The van der Waals surface area contributed by atoms with Gasteiger partial charge in [0.15, 0.2) is 17.5 Å². The Morgan fingerprint density at radius 1 is 0.571 bits per heavy atom. The predicted octanol–water partition coefficient (Wildman–Crippen LogP) is 13.6. The molecule has 5 amide bonds. The number of carbonyl (C=O) groups is 5. The van der Waals surface area contributed by atoms with Crippen molar-refractivity contribution in [2.24, 2.45) is 22.7 Å². The van der Waals surface area contributed by atoms with Gasteiger partial charge in [0.2, 0.25) is 10.0 Å². The molecule has 0 radical (unpaired) electrons. The number of rotatable bonds is 11. The zero-order chi connectivity index (χ0) is 72.8. The molecule has 0 bridgehead atoms. The minimum Gasteiger partial charge on any atom is -0.381 e. The van der Waals surface area contributed by atoms with Gasteiger partial charge in [-0.25, -0.2) is 22.8 Å². The number of amides is 5. The van der Waals surface area contributed by atoms with Crippen LogP contribution in [0.3, 0.4) is 0 Å². The third-order valence-electron chi connectivity index (χ3n) is 22.3. The molecule has 8 fully saturated rings. The monoisotopic (exact) mass is 1500 g/mol. The van der Waals surface area contributed by atoms with Gasteiger partial charge < -0.3 is 44.8 Å². The Labute approximate surface area is 628 Å². The Kier molecular flexibility index (Phi) is 21.8. The van der Waals surface area contributed by atoms with Gasteiger partial charge in [-0.05, 0) is 173 Å². The molecule has 16 rings (SSSR count). The maximum atomic E-state index is 13.5. The number of carbonyl (C=O) groups excluding carboxylic acids is 5. The van der Waals surface area contributed by atoms with Gasteiger partial charge in [-0.15, -0.1) is 38.0 Å². The van der Waals surface area contributed by atoms with Crippen molar-refractivity contribution in [2.75, 3.05) is 125 Å². The van der Waals surface area contributed by atoms with Crippen LogP contribution in [0.4, 0.5) is 37.5 Å². The summed E-state index contributed by atoms with van der Waals surface area (Å²) in [7, 11) is -3.44. The Bertz CT molecular complexity index is 4690. The summed E-state index contributed by atoms with van der Waals surface area (Å²) in [4.78, 5) is 81.7. The van der Waals surface area contributed by atoms with Crippen molar-refractivity contribution < 1.29 is 37.1 Å². The average molecular weight is 1510 g/mol. The maximum absolute atomic E-state index is 13.5. The number of allylic oxidation sites excluding steroid dienone is 2. The summed E-state index contributed by atoms with van der Waals surface area (Å²) in [5.41, 5.74) is 6.52. The number of piperidine rings is 3. The van der Waals surface area contributed by atoms with Crippen molar-refractivity contribution in [1.82, 2.24) is 58.7 Å². The Hall–Kier alpha value is -8.60. The van der Waals surface area contributed by atoms with Gasteiger partial charge in [0.05, 0.1) is 39.9 Å². The molecule has 8 saturated heterocycles. The fraction of sp³-hybridized carbons (Fsp3) is 0.481. The van der Waals surface area contributed by atoms with E-state index >= 15 is 0 Å². The number of thiophene rings is 2. The van der Waals surface area contributed by atoms with Gasteiger partial charge in [0.1, 0.15) is 0 Å². The van der Waals surface area contributed by atoms with Crippen LogP contribution in [0.5, 0.6) is 0 Å². The highest BCUT2D eigenvalue weighted by Crippen LogP contribution is 2.45. The van der Waals surface area contributed by atoms with E-state index in [1.54, 1.807) is 47.2 Å². The number of nitrogens with zero attached hydrogens (tertiary/aromatic N) is 13. The van der Waals surface area contributed by atoms with Crippen molar-refractivity contribution in [3.05, 3.63) is 160 Å². The number of hydrogen-bond donors (Lipinski definition) is 3. The van der Waals surface area contributed by atoms with Crippen LogP contribution in [-0.4, -0.2) is 207 Å². The van der Waals surface area contributed by atoms with Gasteiger partial charge >= 0.3 is 18.1 Å². The van der Waals surface area contributed by atoms with E-state index in [0.717, 1.165) is 183 Å². The lowest BCUT2D eigenvalue weighted by Crippen LogP contribution is -2.55. The fourth-order valence-electron chi connectivity index (χ4n) is 16.7. The first-order chi connectivity index (χ1) is 49.8. The van der Waals surface area contributed by atoms with Crippen molar-refractivity contribution in [3.8, 4) is 0 Å². The van der Waals surface area contributed by atoms with Crippen LogP contribution in [0.2, 0.25) is 5.02 Å². The molecule has 5 aromatic heterocycles. The summed E-state index contributed by atoms with van der Waals surface area (Å²) in [6, 6.07) is 27.8. The number of aromatic nitrogens is 6. The lowest BCUT2D eigenvalue weighted by atomic mass is 9.78. The first-order valence-corrected chi connectivity index (χ1v) is 40.1. The lowest BCUT2D eigenvalue weighted by Gasteiger charge is -2.44. The summed E-state index contributed by atoms with van der Waals surface area (Å²) in [5.74, 6) is 2.89. The second-order valence-electron chi connectivity index (χ2n) is 30.2. The topological polar surface area (TPSA) is 241 Å². The van der Waals surface area contributed by atoms with Crippen LogP contribution in [0.25, 0.3) is 20.2 Å². The summed E-state index contributed by atoms with van der Waals surface area (Å²) >= 11 is 9.92. The van der Waals surface area contributed by atoms with Crippen LogP contribution in [0, 0.1) is 36.5 Å². The number of halogens is 1. The number of aryl methyl sites for hydroxylation is 2. The van der Waals surface area contributed by atoms with Crippen LogP contribution in [-0.2, 0) is 21.3 Å². The van der Waals surface area contributed by atoms with Crippen molar-refractivity contribution in [3.63, 3.8) is 0 Å². The number of ether oxygens (including phenoxy) is 1. The smallest absolute Gasteiger partial charge is 0.344 e. The molecule has 28 heteroatoms. The summed E-state index contributed by atoms with van der Waals surface area (Å²) in [5, 5.41) is 21.9. The number of fused-ring (bicyclic) bond motifs is 3. The SMILES string of the molecule is C.C=C(C)Nc1ccn(C(=O)N2CCC3(CCCN3C(=O)c3cc4ccc(C)cc4s3)CC2)n1.C=C(C)Nc1ccn(C(=O)N2CCC3(CCN(C(=O)c4cc5ccc(C)cc5s4)C3)CC2)n1.CS(=O)(=O)Nc1ccn(C(=O)N2CCC3(CCN(Cc4ccc(N5CC6COCC6C5)c(Cl)c4)C3)CC2)n1. The van der Waals surface area contributed by atoms with E-state index in [1.807, 2.05) is 45.6 Å². The van der Waals surface area contributed by atoms with Gasteiger partial charge in [-0.1, -0.05) is 62.5 Å². The Morgan fingerprint density at radius 3 is 1.54 bits per heavy atom. The summed E-state index contributed by atoms with van der Waals surface area (Å²) in [6.45, 7) is 28.5. The van der Waals surface area contributed by atoms with Crippen LogP contribution < -0.4 is 20.3 Å². The average Bonchev–Trinajstić information content (AvgIpc) is 1.65. The summed E-state index contributed by atoms with van der Waals surface area (Å²) < 4.78 is 37.0. The van der Waals surface area contributed by atoms with Crippen molar-refractivity contribution >= 4 is 118 Å². The largest absolute Gasteiger partial charge is 0.381 e. The number of likely N-dealkylation sites (tertiary alicyclic amines) is 6. The molecule has 3 aromatic carbocycles. The number of sulfonamides is 1. The lowest BCUT2D eigenvalue weighted by molar-refractivity contribution is 0.0424. The quantitative estimate of drug-likeness (QED) is 0.109. The van der Waals surface area contributed by atoms with Crippen LogP contribution in [0.1, 0.15) is 122 Å². The Balaban J connectivity index is 0.000000140. The van der Waals surface area contributed by atoms with E-state index in [9.17, 15) is 32.4 Å². The first-order valence-electron chi connectivity index (χ1n) is 36.2. The maximum Gasteiger partial charge on any atom is 0.344 e. The standard InChI is InChI=1S/C26H35ClN6O4S.2C25H29N5O2S.CH4/c1-38(35,36)29-24-4-8-33(28-24)25(34)31-10-6-26(7-11-31)5-9-30(18-26)13-19-2-3-23(22(27)12-19)32-14-20-16-37-17-21(20)15-32;1-17(2)26-22-7-12-30(27-22)24(32)28-13-9-25(10-14-28)8-4-11-29(25)23(31)21-16-19-6-5-18(3)15-20(19)33-21;1-17(2)26-22-6-10-30(27-22)24(32)28-11-7-25(8-12-28)9-13-29(16-25)23(31)21-15-19-5-4-18(3)14-20(19)33-21;/h2-4,8,12,20-21H,5-7,9-11,13-18H2,1H3,(H,28,29);5-7,12,15-16H,1,4,8-11,13-14H2,2-3H3,(H,26,27);4-6,10,14-15H,1,7-9,11-13,16H2,2-3H3,(H,26,27);1H4. The number of nitrogens with one attached hydrogen (secondary N) is 3. The third kappa shape index (κ3) is 16.7. The van der Waals surface area contributed by atoms with Gasteiger partial charge in [-0.3, -0.25) is 19.2 Å². The molecule has 2 unspecified atom stereocenters. The molecule has 0 saturated carbocycles. The Morgan fingerprint density at radius 2 is 1.04 bits per heavy atom. The van der Waals surface area contributed by atoms with E-state index < -0.39 is 10.0 Å². The van der Waals surface area contributed by atoms with Gasteiger partial charge in [-0.2, -0.15) is 14.0 Å². The van der Waals surface area contributed by atoms with Gasteiger partial charge in [0, 0.05) is 160 Å². The molecule has 3 spiro atoms. The highest BCUT2D eigenvalue weighted by atomic mass is 35.5. The molecule has 2 atom stereocenters. The zero-order valence-electron chi connectivity index (χ0n) is 60.0. The molecule has 558 valence electrons. The molecule has 8 aliphatic heterocycles. The minimum absolute atomic E-state index is 0. The second kappa shape index (κ2) is 30.7. The van der Waals surface area contributed by atoms with E-state index in [4.69, 9.17) is 16.3 Å². The zero-order valence-corrected chi connectivity index (χ0v) is 63.2. The molecule has 8 aliphatic rings. The predicted molar refractivity (Wildman–Crippen MR) is 416 cm³/mol. The van der Waals surface area contributed by atoms with Crippen LogP contribution in [0.15, 0.2) is 128 Å². The molecule has 0 aliphatic carbocycles.